The summed E-state index contributed by atoms with van der Waals surface area (Å²) in [5, 5.41) is 0.264. The van der Waals surface area contributed by atoms with Crippen LogP contribution >= 0.6 is 11.6 Å². The lowest BCUT2D eigenvalue weighted by atomic mass is 10.1. The van der Waals surface area contributed by atoms with Crippen molar-refractivity contribution >= 4 is 17.5 Å². The van der Waals surface area contributed by atoms with Crippen LogP contribution < -0.4 is 4.90 Å². The fraction of sp³-hybridized carbons (Fsp3) is 0.438. The van der Waals surface area contributed by atoms with E-state index in [2.05, 4.69) is 51.9 Å². The molecule has 0 amide bonds. The number of rotatable bonds is 2. The standard InChI is InChI=1S/C16H19ClN4/c1-11-8-12(2)10-13(9-11)14-18-15(17)20-16(19-14)21-6-4-3-5-7-21/h8-10H,3-7H2,1-2H3. The Morgan fingerprint density at radius 2 is 1.57 bits per heavy atom. The number of aromatic nitrogens is 3. The fourth-order valence-corrected chi connectivity index (χ4v) is 2.96. The third kappa shape index (κ3) is 3.32. The van der Waals surface area contributed by atoms with Crippen LogP contribution in [0.4, 0.5) is 5.95 Å². The predicted octanol–water partition coefficient (Wildman–Crippen LogP) is 3.80. The molecule has 1 aromatic heterocycles. The van der Waals surface area contributed by atoms with Gasteiger partial charge in [-0.3, -0.25) is 0 Å². The molecule has 0 atom stereocenters. The second-order valence-electron chi connectivity index (χ2n) is 5.65. The van der Waals surface area contributed by atoms with E-state index >= 15 is 0 Å². The Labute approximate surface area is 130 Å². The van der Waals surface area contributed by atoms with E-state index in [1.54, 1.807) is 0 Å². The molecule has 0 aliphatic carbocycles. The molecular weight excluding hydrogens is 284 g/mol. The summed E-state index contributed by atoms with van der Waals surface area (Å²) >= 11 is 6.11. The molecule has 0 spiro atoms. The van der Waals surface area contributed by atoms with Gasteiger partial charge in [-0.15, -0.1) is 0 Å². The van der Waals surface area contributed by atoms with Crippen molar-refractivity contribution in [2.24, 2.45) is 0 Å². The molecule has 1 saturated heterocycles. The molecule has 2 heterocycles. The largest absolute Gasteiger partial charge is 0.341 e. The van der Waals surface area contributed by atoms with Crippen molar-refractivity contribution in [3.8, 4) is 11.4 Å². The zero-order valence-electron chi connectivity index (χ0n) is 12.4. The second-order valence-corrected chi connectivity index (χ2v) is 5.99. The van der Waals surface area contributed by atoms with Gasteiger partial charge in [0, 0.05) is 18.7 Å². The normalized spacial score (nSPS) is 15.3. The Morgan fingerprint density at radius 3 is 2.24 bits per heavy atom. The highest BCUT2D eigenvalue weighted by Gasteiger charge is 2.16. The predicted molar refractivity (Wildman–Crippen MR) is 85.8 cm³/mol. The van der Waals surface area contributed by atoms with E-state index < -0.39 is 0 Å². The van der Waals surface area contributed by atoms with Gasteiger partial charge in [0.25, 0.3) is 0 Å². The van der Waals surface area contributed by atoms with Crippen molar-refractivity contribution < 1.29 is 0 Å². The summed E-state index contributed by atoms with van der Waals surface area (Å²) in [6.07, 6.45) is 3.64. The minimum absolute atomic E-state index is 0.264. The van der Waals surface area contributed by atoms with E-state index in [9.17, 15) is 0 Å². The lowest BCUT2D eigenvalue weighted by Gasteiger charge is -2.26. The van der Waals surface area contributed by atoms with Gasteiger partial charge in [-0.1, -0.05) is 17.2 Å². The van der Waals surface area contributed by atoms with Crippen molar-refractivity contribution in [1.82, 2.24) is 15.0 Å². The highest BCUT2D eigenvalue weighted by Crippen LogP contribution is 2.23. The van der Waals surface area contributed by atoms with Crippen molar-refractivity contribution in [2.75, 3.05) is 18.0 Å². The minimum atomic E-state index is 0.264. The molecule has 110 valence electrons. The molecule has 1 aliphatic rings. The van der Waals surface area contributed by atoms with E-state index in [0.717, 1.165) is 18.7 Å². The van der Waals surface area contributed by atoms with Crippen LogP contribution in [0.25, 0.3) is 11.4 Å². The highest BCUT2D eigenvalue weighted by atomic mass is 35.5. The summed E-state index contributed by atoms with van der Waals surface area (Å²) in [5.74, 6) is 1.35. The van der Waals surface area contributed by atoms with E-state index in [4.69, 9.17) is 11.6 Å². The summed E-state index contributed by atoms with van der Waals surface area (Å²) in [6, 6.07) is 6.30. The van der Waals surface area contributed by atoms with E-state index in [0.29, 0.717) is 11.8 Å². The van der Waals surface area contributed by atoms with Gasteiger partial charge in [-0.25, -0.2) is 0 Å². The van der Waals surface area contributed by atoms with Crippen LogP contribution in [0.5, 0.6) is 0 Å². The Kier molecular flexibility index (Phi) is 4.06. The molecule has 0 bridgehead atoms. The summed E-state index contributed by atoms with van der Waals surface area (Å²) < 4.78 is 0. The molecule has 0 N–H and O–H groups in total. The molecule has 1 aromatic carbocycles. The topological polar surface area (TPSA) is 41.9 Å². The lowest BCUT2D eigenvalue weighted by Crippen LogP contribution is -2.31. The van der Waals surface area contributed by atoms with Crippen LogP contribution in [0.15, 0.2) is 18.2 Å². The van der Waals surface area contributed by atoms with Gasteiger partial charge in [-0.05, 0) is 56.8 Å². The van der Waals surface area contributed by atoms with Crippen molar-refractivity contribution in [1.29, 1.82) is 0 Å². The number of hydrogen-bond donors (Lipinski definition) is 0. The van der Waals surface area contributed by atoms with Gasteiger partial charge in [0.05, 0.1) is 0 Å². The highest BCUT2D eigenvalue weighted by molar-refractivity contribution is 6.28. The number of piperidine rings is 1. The quantitative estimate of drug-likeness (QED) is 0.846. The van der Waals surface area contributed by atoms with Crippen LogP contribution in [-0.2, 0) is 0 Å². The van der Waals surface area contributed by atoms with E-state index in [-0.39, 0.29) is 5.28 Å². The summed E-state index contributed by atoms with van der Waals surface area (Å²) in [7, 11) is 0. The maximum Gasteiger partial charge on any atom is 0.230 e. The Balaban J connectivity index is 2.00. The number of hydrogen-bond acceptors (Lipinski definition) is 4. The minimum Gasteiger partial charge on any atom is -0.341 e. The summed E-state index contributed by atoms with van der Waals surface area (Å²) in [5.41, 5.74) is 3.39. The number of benzene rings is 1. The molecule has 5 heteroatoms. The Hall–Kier alpha value is -1.68. The molecular formula is C16H19ClN4. The molecule has 2 aromatic rings. The number of halogens is 1. The molecule has 0 unspecified atom stereocenters. The smallest absolute Gasteiger partial charge is 0.230 e. The monoisotopic (exact) mass is 302 g/mol. The first kappa shape index (κ1) is 14.3. The third-order valence-electron chi connectivity index (χ3n) is 3.72. The Morgan fingerprint density at radius 1 is 0.905 bits per heavy atom. The van der Waals surface area contributed by atoms with Gasteiger partial charge in [0.1, 0.15) is 0 Å². The third-order valence-corrected chi connectivity index (χ3v) is 3.88. The van der Waals surface area contributed by atoms with E-state index in [1.807, 2.05) is 0 Å². The van der Waals surface area contributed by atoms with Crippen molar-refractivity contribution in [3.05, 3.63) is 34.6 Å². The van der Waals surface area contributed by atoms with E-state index in [1.165, 1.54) is 30.4 Å². The lowest BCUT2D eigenvalue weighted by molar-refractivity contribution is 0.567. The first-order chi connectivity index (χ1) is 10.1. The van der Waals surface area contributed by atoms with Gasteiger partial charge in [0.15, 0.2) is 5.82 Å². The zero-order valence-corrected chi connectivity index (χ0v) is 13.2. The summed E-state index contributed by atoms with van der Waals surface area (Å²) in [4.78, 5) is 15.4. The zero-order chi connectivity index (χ0) is 14.8. The van der Waals surface area contributed by atoms with Crippen LogP contribution in [0.2, 0.25) is 5.28 Å². The molecule has 4 nitrogen and oxygen atoms in total. The van der Waals surface area contributed by atoms with Crippen LogP contribution in [-0.4, -0.2) is 28.0 Å². The first-order valence-electron chi connectivity index (χ1n) is 7.37. The maximum absolute atomic E-state index is 6.11. The van der Waals surface area contributed by atoms with Gasteiger partial charge in [-0.2, -0.15) is 15.0 Å². The van der Waals surface area contributed by atoms with Crippen molar-refractivity contribution in [2.45, 2.75) is 33.1 Å². The molecule has 1 aliphatic heterocycles. The molecule has 0 radical (unpaired) electrons. The van der Waals surface area contributed by atoms with Crippen LogP contribution in [0.3, 0.4) is 0 Å². The number of aryl methyl sites for hydroxylation is 2. The van der Waals surface area contributed by atoms with Crippen molar-refractivity contribution in [3.63, 3.8) is 0 Å². The maximum atomic E-state index is 6.11. The number of anilines is 1. The Bertz CT molecular complexity index is 630. The van der Waals surface area contributed by atoms with Gasteiger partial charge in [0.2, 0.25) is 11.2 Å². The average molecular weight is 303 g/mol. The fourth-order valence-electron chi connectivity index (χ4n) is 2.81. The van der Waals surface area contributed by atoms with Crippen LogP contribution in [0, 0.1) is 13.8 Å². The van der Waals surface area contributed by atoms with Gasteiger partial charge >= 0.3 is 0 Å². The molecule has 1 fully saturated rings. The SMILES string of the molecule is Cc1cc(C)cc(-c2nc(Cl)nc(N3CCCCC3)n2)c1. The number of nitrogens with zero attached hydrogens (tertiary/aromatic N) is 4. The summed E-state index contributed by atoms with van der Waals surface area (Å²) in [6.45, 7) is 6.13. The molecule has 21 heavy (non-hydrogen) atoms. The molecule has 3 rings (SSSR count). The second kappa shape index (κ2) is 5.98. The first-order valence-corrected chi connectivity index (χ1v) is 7.75. The molecule has 0 saturated carbocycles. The van der Waals surface area contributed by atoms with Crippen LogP contribution in [0.1, 0.15) is 30.4 Å². The van der Waals surface area contributed by atoms with Gasteiger partial charge < -0.3 is 4.90 Å². The average Bonchev–Trinajstić information content (AvgIpc) is 2.46.